The normalized spacial score (nSPS) is 11.7. The number of nitrogens with zero attached hydrogens (tertiary/aromatic N) is 3. The Hall–Kier alpha value is -2.35. The maximum Gasteiger partial charge on any atom is 0.264 e. The lowest BCUT2D eigenvalue weighted by Crippen LogP contribution is -2.06. The van der Waals surface area contributed by atoms with E-state index in [1.165, 1.54) is 24.3 Å². The summed E-state index contributed by atoms with van der Waals surface area (Å²) in [6.07, 6.45) is 0. The van der Waals surface area contributed by atoms with E-state index in [9.17, 15) is 16.8 Å². The van der Waals surface area contributed by atoms with Crippen LogP contribution in [0.2, 0.25) is 0 Å². The number of benzene rings is 2. The van der Waals surface area contributed by atoms with Gasteiger partial charge < -0.3 is 0 Å². The third-order valence-electron chi connectivity index (χ3n) is 3.22. The van der Waals surface area contributed by atoms with Gasteiger partial charge in [-0.05, 0) is 49.2 Å². The number of azide groups is 1. The van der Waals surface area contributed by atoms with Gasteiger partial charge in [0.1, 0.15) is 0 Å². The molecule has 2 aromatic carbocycles. The van der Waals surface area contributed by atoms with Gasteiger partial charge in [0.2, 0.25) is 9.84 Å². The van der Waals surface area contributed by atoms with Crippen LogP contribution in [0.25, 0.3) is 10.4 Å². The van der Waals surface area contributed by atoms with Crippen LogP contribution in [-0.2, 0) is 19.9 Å². The van der Waals surface area contributed by atoms with E-state index in [2.05, 4.69) is 9.43 Å². The zero-order valence-corrected chi connectivity index (χ0v) is 14.0. The maximum atomic E-state index is 12.7. The second kappa shape index (κ2) is 6.04. The molecule has 9 heteroatoms. The molecule has 23 heavy (non-hydrogen) atoms. The lowest BCUT2D eigenvalue weighted by Gasteiger charge is -2.09. The zero-order chi connectivity index (χ0) is 17.3. The molecule has 7 nitrogen and oxygen atoms in total. The highest BCUT2D eigenvalue weighted by Crippen LogP contribution is 2.27. The minimum Gasteiger partial charge on any atom is -0.219 e. The largest absolute Gasteiger partial charge is 0.264 e. The molecule has 0 spiro atoms. The summed E-state index contributed by atoms with van der Waals surface area (Å²) in [5.41, 5.74) is 9.61. The fraction of sp³-hybridized carbons (Fsp3) is 0.143. The molecule has 0 fully saturated rings. The minimum atomic E-state index is -4.25. The molecule has 0 N–H and O–H groups in total. The molecule has 0 unspecified atom stereocenters. The van der Waals surface area contributed by atoms with Crippen LogP contribution in [-0.4, -0.2) is 16.8 Å². The van der Waals surface area contributed by atoms with E-state index in [0.717, 1.165) is 11.6 Å². The Labute approximate surface area is 134 Å². The standard InChI is InChI=1S/C14H13N3O4S2/c1-10-3-6-12(7-4-10)22(18,19)14-9-13(8-5-11(14)2)23(20,21)17-16-15/h3-9H,1-2H3. The number of hydrogen-bond acceptors (Lipinski definition) is 4. The summed E-state index contributed by atoms with van der Waals surface area (Å²) in [5.74, 6) is 0. The number of sulfonamides is 1. The summed E-state index contributed by atoms with van der Waals surface area (Å²) in [5, 5.41) is 0. The van der Waals surface area contributed by atoms with Crippen molar-refractivity contribution in [2.24, 2.45) is 4.52 Å². The van der Waals surface area contributed by atoms with Gasteiger partial charge in [0, 0.05) is 9.43 Å². The van der Waals surface area contributed by atoms with Crippen LogP contribution in [0.4, 0.5) is 0 Å². The summed E-state index contributed by atoms with van der Waals surface area (Å²) in [4.78, 5) is 1.80. The molecule has 0 radical (unpaired) electrons. The molecule has 0 aromatic heterocycles. The van der Waals surface area contributed by atoms with E-state index in [1.807, 2.05) is 6.92 Å². The summed E-state index contributed by atoms with van der Waals surface area (Å²) in [6.45, 7) is 3.39. The Bertz CT molecular complexity index is 1000. The number of sulfone groups is 1. The van der Waals surface area contributed by atoms with Crippen LogP contribution >= 0.6 is 0 Å². The molecule has 0 atom stereocenters. The summed E-state index contributed by atoms with van der Waals surface area (Å²) in [6, 6.07) is 9.80. The topological polar surface area (TPSA) is 117 Å². The molecular weight excluding hydrogens is 338 g/mol. The number of aryl methyl sites for hydroxylation is 2. The third-order valence-corrected chi connectivity index (χ3v) is 6.27. The highest BCUT2D eigenvalue weighted by Gasteiger charge is 2.23. The first-order valence-electron chi connectivity index (χ1n) is 6.42. The first-order chi connectivity index (χ1) is 10.7. The molecular formula is C14H13N3O4S2. The Morgan fingerprint density at radius 3 is 2.04 bits per heavy atom. The molecule has 0 saturated carbocycles. The van der Waals surface area contributed by atoms with Gasteiger partial charge in [0.15, 0.2) is 0 Å². The molecule has 2 rings (SSSR count). The smallest absolute Gasteiger partial charge is 0.219 e. The quantitative estimate of drug-likeness (QED) is 0.477. The van der Waals surface area contributed by atoms with Gasteiger partial charge in [-0.2, -0.15) is 0 Å². The first kappa shape index (κ1) is 17.0. The second-order valence-electron chi connectivity index (χ2n) is 4.89. The Balaban J connectivity index is 2.68. The molecule has 0 saturated heterocycles. The van der Waals surface area contributed by atoms with E-state index >= 15 is 0 Å². The minimum absolute atomic E-state index is 0.0598. The lowest BCUT2D eigenvalue weighted by molar-refractivity contribution is 0.594. The van der Waals surface area contributed by atoms with Gasteiger partial charge in [0.05, 0.1) is 14.7 Å². The Morgan fingerprint density at radius 2 is 1.48 bits per heavy atom. The maximum absolute atomic E-state index is 12.7. The van der Waals surface area contributed by atoms with Gasteiger partial charge in [-0.1, -0.05) is 23.8 Å². The van der Waals surface area contributed by atoms with Crippen LogP contribution in [0, 0.1) is 13.8 Å². The van der Waals surface area contributed by atoms with Crippen molar-refractivity contribution in [1.82, 2.24) is 0 Å². The number of hydrogen-bond donors (Lipinski definition) is 0. The molecule has 0 aliphatic heterocycles. The van der Waals surface area contributed by atoms with Gasteiger partial charge >= 0.3 is 0 Å². The molecule has 0 bridgehead atoms. The van der Waals surface area contributed by atoms with Crippen molar-refractivity contribution in [3.05, 3.63) is 64.0 Å². The highest BCUT2D eigenvalue weighted by molar-refractivity contribution is 7.92. The summed E-state index contributed by atoms with van der Waals surface area (Å²) >= 11 is 0. The fourth-order valence-corrected chi connectivity index (χ4v) is 4.26. The van der Waals surface area contributed by atoms with Crippen LogP contribution in [0.15, 0.2) is 61.7 Å². The monoisotopic (exact) mass is 351 g/mol. The van der Waals surface area contributed by atoms with E-state index in [4.69, 9.17) is 5.53 Å². The average molecular weight is 351 g/mol. The van der Waals surface area contributed by atoms with E-state index < -0.39 is 19.9 Å². The third kappa shape index (κ3) is 3.37. The molecule has 2 aromatic rings. The SMILES string of the molecule is Cc1ccc(S(=O)(=O)c2cc(S(=O)(=O)N=[N+]=[N-])ccc2C)cc1. The van der Waals surface area contributed by atoms with Gasteiger partial charge in [-0.15, -0.1) is 0 Å². The predicted molar refractivity (Wildman–Crippen MR) is 84.1 cm³/mol. The summed E-state index contributed by atoms with van der Waals surface area (Å²) in [7, 11) is -8.14. The molecule has 0 heterocycles. The highest BCUT2D eigenvalue weighted by atomic mass is 32.2. The Kier molecular flexibility index (Phi) is 4.46. The van der Waals surface area contributed by atoms with E-state index in [0.29, 0.717) is 5.56 Å². The molecule has 0 amide bonds. The van der Waals surface area contributed by atoms with Crippen LogP contribution in [0.3, 0.4) is 0 Å². The lowest BCUT2D eigenvalue weighted by atomic mass is 10.2. The Morgan fingerprint density at radius 1 is 0.913 bits per heavy atom. The first-order valence-corrected chi connectivity index (χ1v) is 9.34. The average Bonchev–Trinajstić information content (AvgIpc) is 2.47. The van der Waals surface area contributed by atoms with Crippen molar-refractivity contribution in [3.63, 3.8) is 0 Å². The second-order valence-corrected chi connectivity index (χ2v) is 8.39. The van der Waals surface area contributed by atoms with Crippen LogP contribution in [0.5, 0.6) is 0 Å². The predicted octanol–water partition coefficient (Wildman–Crippen LogP) is 3.14. The van der Waals surface area contributed by atoms with Crippen molar-refractivity contribution in [3.8, 4) is 0 Å². The van der Waals surface area contributed by atoms with Crippen LogP contribution in [0.1, 0.15) is 11.1 Å². The zero-order valence-electron chi connectivity index (χ0n) is 12.3. The van der Waals surface area contributed by atoms with Gasteiger partial charge in [-0.25, -0.2) is 16.8 Å². The van der Waals surface area contributed by atoms with Crippen molar-refractivity contribution >= 4 is 19.9 Å². The number of rotatable bonds is 4. The molecule has 0 aliphatic carbocycles. The summed E-state index contributed by atoms with van der Waals surface area (Å²) < 4.78 is 51.7. The van der Waals surface area contributed by atoms with Crippen molar-refractivity contribution in [2.75, 3.05) is 0 Å². The van der Waals surface area contributed by atoms with Crippen molar-refractivity contribution in [1.29, 1.82) is 0 Å². The van der Waals surface area contributed by atoms with E-state index in [-0.39, 0.29) is 14.7 Å². The fourth-order valence-electron chi connectivity index (χ4n) is 1.97. The van der Waals surface area contributed by atoms with Gasteiger partial charge in [-0.3, -0.25) is 0 Å². The van der Waals surface area contributed by atoms with Crippen molar-refractivity contribution in [2.45, 2.75) is 28.5 Å². The van der Waals surface area contributed by atoms with Crippen molar-refractivity contribution < 1.29 is 16.8 Å². The van der Waals surface area contributed by atoms with E-state index in [1.54, 1.807) is 19.1 Å². The molecule has 120 valence electrons. The van der Waals surface area contributed by atoms with Gasteiger partial charge in [0.25, 0.3) is 10.0 Å². The molecule has 0 aliphatic rings. The van der Waals surface area contributed by atoms with Crippen LogP contribution < -0.4 is 0 Å².